The standard InChI is InChI=1S/C26H22F3N3O4/c1-32(13-12-24(34)30-17-33)16-18-8-10-22(11-9-18)31-25(35)21-6-2-4-19(14-21)20-5-3-7-23(15-20)36-26(27,28)29/h2-15,17H,16H2,1H3,(H,31,35)(H,30,33,34)/b13-12-. The van der Waals surface area contributed by atoms with Gasteiger partial charge in [0.1, 0.15) is 5.75 Å². The number of nitrogens with zero attached hydrogens (tertiary/aromatic N) is 1. The average molecular weight is 497 g/mol. The van der Waals surface area contributed by atoms with E-state index in [1.165, 1.54) is 30.5 Å². The second-order valence-corrected chi connectivity index (χ2v) is 7.66. The maximum Gasteiger partial charge on any atom is 0.573 e. The molecule has 10 heteroatoms. The van der Waals surface area contributed by atoms with Gasteiger partial charge in [0.25, 0.3) is 11.8 Å². The second kappa shape index (κ2) is 11.7. The van der Waals surface area contributed by atoms with Crippen molar-refractivity contribution in [2.24, 2.45) is 0 Å². The first-order valence-electron chi connectivity index (χ1n) is 10.6. The molecule has 2 N–H and O–H groups in total. The van der Waals surface area contributed by atoms with Crippen LogP contribution in [0.15, 0.2) is 85.1 Å². The van der Waals surface area contributed by atoms with E-state index in [0.29, 0.717) is 35.3 Å². The summed E-state index contributed by atoms with van der Waals surface area (Å²) >= 11 is 0. The van der Waals surface area contributed by atoms with Crippen LogP contribution in [0.4, 0.5) is 18.9 Å². The van der Waals surface area contributed by atoms with Gasteiger partial charge in [-0.15, -0.1) is 13.2 Å². The Balaban J connectivity index is 1.64. The predicted molar refractivity (Wildman–Crippen MR) is 128 cm³/mol. The molecule has 3 amide bonds. The zero-order valence-electron chi connectivity index (χ0n) is 19.1. The van der Waals surface area contributed by atoms with Gasteiger partial charge in [-0.2, -0.15) is 0 Å². The first kappa shape index (κ1) is 26.0. The minimum absolute atomic E-state index is 0.307. The lowest BCUT2D eigenvalue weighted by molar-refractivity contribution is -0.274. The lowest BCUT2D eigenvalue weighted by Gasteiger charge is -2.14. The summed E-state index contributed by atoms with van der Waals surface area (Å²) in [4.78, 5) is 36.0. The molecule has 0 saturated carbocycles. The van der Waals surface area contributed by atoms with Gasteiger partial charge in [-0.25, -0.2) is 0 Å². The molecule has 0 aromatic heterocycles. The summed E-state index contributed by atoms with van der Waals surface area (Å²) in [5, 5.41) is 4.80. The van der Waals surface area contributed by atoms with E-state index in [1.54, 1.807) is 54.4 Å². The summed E-state index contributed by atoms with van der Waals surface area (Å²) in [6, 6.07) is 19.1. The molecule has 0 saturated heterocycles. The molecule has 3 rings (SSSR count). The van der Waals surface area contributed by atoms with E-state index in [-0.39, 0.29) is 11.7 Å². The predicted octanol–water partition coefficient (Wildman–Crippen LogP) is 4.72. The summed E-state index contributed by atoms with van der Waals surface area (Å²) in [5.41, 5.74) is 2.83. The van der Waals surface area contributed by atoms with Crippen molar-refractivity contribution in [2.75, 3.05) is 12.4 Å². The molecule has 36 heavy (non-hydrogen) atoms. The molecule has 0 bridgehead atoms. The van der Waals surface area contributed by atoms with Gasteiger partial charge in [-0.05, 0) is 53.1 Å². The molecule has 0 heterocycles. The molecule has 0 unspecified atom stereocenters. The molecule has 0 aliphatic rings. The van der Waals surface area contributed by atoms with E-state index in [0.717, 1.165) is 5.56 Å². The number of hydrogen-bond acceptors (Lipinski definition) is 5. The SMILES string of the molecule is CN(/C=C\C(=O)NC=O)Cc1ccc(NC(=O)c2cccc(-c3cccc(OC(F)(F)F)c3)c2)cc1. The molecule has 0 aliphatic heterocycles. The van der Waals surface area contributed by atoms with Crippen molar-refractivity contribution < 1.29 is 32.3 Å². The third-order valence-corrected chi connectivity index (χ3v) is 4.85. The quantitative estimate of drug-likeness (QED) is 0.330. The Morgan fingerprint density at radius 1 is 0.972 bits per heavy atom. The molecule has 3 aromatic carbocycles. The number of carbonyl (C=O) groups excluding carboxylic acids is 3. The van der Waals surface area contributed by atoms with Gasteiger partial charge < -0.3 is 15.0 Å². The van der Waals surface area contributed by atoms with E-state index in [1.807, 2.05) is 17.4 Å². The van der Waals surface area contributed by atoms with Crippen LogP contribution in [0.5, 0.6) is 5.75 Å². The van der Waals surface area contributed by atoms with Crippen molar-refractivity contribution in [3.05, 3.63) is 96.2 Å². The van der Waals surface area contributed by atoms with Gasteiger partial charge in [0.15, 0.2) is 0 Å². The molecule has 3 aromatic rings. The van der Waals surface area contributed by atoms with Crippen molar-refractivity contribution >= 4 is 23.9 Å². The highest BCUT2D eigenvalue weighted by atomic mass is 19.4. The molecule has 0 atom stereocenters. The van der Waals surface area contributed by atoms with Crippen LogP contribution >= 0.6 is 0 Å². The fourth-order valence-corrected chi connectivity index (χ4v) is 3.25. The Kier molecular flexibility index (Phi) is 8.45. The van der Waals surface area contributed by atoms with Gasteiger partial charge >= 0.3 is 6.36 Å². The summed E-state index contributed by atoms with van der Waals surface area (Å²) in [5.74, 6) is -1.25. The van der Waals surface area contributed by atoms with Crippen LogP contribution in [0.3, 0.4) is 0 Å². The number of nitrogens with one attached hydrogen (secondary N) is 2. The van der Waals surface area contributed by atoms with Crippen molar-refractivity contribution in [2.45, 2.75) is 12.9 Å². The highest BCUT2D eigenvalue weighted by Gasteiger charge is 2.31. The Labute approximate surface area is 205 Å². The van der Waals surface area contributed by atoms with Crippen LogP contribution < -0.4 is 15.4 Å². The average Bonchev–Trinajstić information content (AvgIpc) is 2.83. The minimum Gasteiger partial charge on any atom is -0.406 e. The third-order valence-electron chi connectivity index (χ3n) is 4.85. The Morgan fingerprint density at radius 3 is 2.31 bits per heavy atom. The lowest BCUT2D eigenvalue weighted by atomic mass is 10.0. The van der Waals surface area contributed by atoms with Crippen LogP contribution in [0.1, 0.15) is 15.9 Å². The fraction of sp³-hybridized carbons (Fsp3) is 0.115. The highest BCUT2D eigenvalue weighted by Crippen LogP contribution is 2.28. The second-order valence-electron chi connectivity index (χ2n) is 7.66. The van der Waals surface area contributed by atoms with Crippen molar-refractivity contribution in [1.82, 2.24) is 10.2 Å². The summed E-state index contributed by atoms with van der Waals surface area (Å²) < 4.78 is 41.5. The molecule has 186 valence electrons. The lowest BCUT2D eigenvalue weighted by Crippen LogP contribution is -2.19. The van der Waals surface area contributed by atoms with Crippen LogP contribution in [-0.4, -0.2) is 36.5 Å². The number of halogens is 3. The van der Waals surface area contributed by atoms with Crippen LogP contribution in [0.2, 0.25) is 0 Å². The van der Waals surface area contributed by atoms with Crippen LogP contribution in [0.25, 0.3) is 11.1 Å². The zero-order valence-corrected chi connectivity index (χ0v) is 19.1. The first-order valence-corrected chi connectivity index (χ1v) is 10.6. The number of carbonyl (C=O) groups is 3. The maximum atomic E-state index is 12.8. The number of hydrogen-bond donors (Lipinski definition) is 2. The summed E-state index contributed by atoms with van der Waals surface area (Å²) in [7, 11) is 1.76. The number of imide groups is 1. The van der Waals surface area contributed by atoms with Gasteiger partial charge in [0, 0.05) is 37.1 Å². The Morgan fingerprint density at radius 2 is 1.64 bits per heavy atom. The molecule has 0 aliphatic carbocycles. The summed E-state index contributed by atoms with van der Waals surface area (Å²) in [6.07, 6.45) is -1.72. The normalized spacial score (nSPS) is 11.1. The summed E-state index contributed by atoms with van der Waals surface area (Å²) in [6.45, 7) is 0.484. The van der Waals surface area contributed by atoms with E-state index < -0.39 is 12.3 Å². The monoisotopic (exact) mass is 497 g/mol. The molecular formula is C26H22F3N3O4. The van der Waals surface area contributed by atoms with E-state index >= 15 is 0 Å². The Hall–Kier alpha value is -4.60. The molecule has 0 spiro atoms. The van der Waals surface area contributed by atoms with E-state index in [2.05, 4.69) is 10.1 Å². The molecule has 0 fully saturated rings. The Bertz CT molecular complexity index is 1260. The molecule has 0 radical (unpaired) electrons. The van der Waals surface area contributed by atoms with E-state index in [4.69, 9.17) is 0 Å². The van der Waals surface area contributed by atoms with Crippen LogP contribution in [-0.2, 0) is 16.1 Å². The van der Waals surface area contributed by atoms with Gasteiger partial charge in [-0.1, -0.05) is 36.4 Å². The zero-order chi connectivity index (χ0) is 26.1. The number of amides is 3. The number of ether oxygens (including phenoxy) is 1. The fourth-order valence-electron chi connectivity index (χ4n) is 3.25. The first-order chi connectivity index (χ1) is 17.1. The van der Waals surface area contributed by atoms with Crippen LogP contribution in [0, 0.1) is 0 Å². The smallest absolute Gasteiger partial charge is 0.406 e. The topological polar surface area (TPSA) is 87.7 Å². The van der Waals surface area contributed by atoms with Gasteiger partial charge in [0.2, 0.25) is 6.41 Å². The minimum atomic E-state index is -4.80. The number of alkyl halides is 3. The number of rotatable bonds is 9. The maximum absolute atomic E-state index is 12.8. The van der Waals surface area contributed by atoms with Gasteiger partial charge in [-0.3, -0.25) is 19.7 Å². The molecular weight excluding hydrogens is 475 g/mol. The van der Waals surface area contributed by atoms with E-state index in [9.17, 15) is 27.6 Å². The largest absolute Gasteiger partial charge is 0.573 e. The molecule has 7 nitrogen and oxygen atoms in total. The number of benzene rings is 3. The van der Waals surface area contributed by atoms with Crippen molar-refractivity contribution in [3.8, 4) is 16.9 Å². The number of anilines is 1. The highest BCUT2D eigenvalue weighted by molar-refractivity contribution is 6.05. The van der Waals surface area contributed by atoms with Gasteiger partial charge in [0.05, 0.1) is 0 Å². The third kappa shape index (κ3) is 8.01. The van der Waals surface area contributed by atoms with Crippen molar-refractivity contribution in [1.29, 1.82) is 0 Å². The van der Waals surface area contributed by atoms with Crippen molar-refractivity contribution in [3.63, 3.8) is 0 Å².